The first-order valence-electron chi connectivity index (χ1n) is 23.3. The number of rotatable bonds is 14. The molecule has 11 rings (SSSR count). The number of nitrogens with one attached hydrogen (secondary N) is 1. The summed E-state index contributed by atoms with van der Waals surface area (Å²) in [6, 6.07) is 80.0. The predicted molar refractivity (Wildman–Crippen MR) is 285 cm³/mol. The molecule has 7 heteroatoms. The van der Waals surface area contributed by atoms with E-state index < -0.39 is 0 Å². The van der Waals surface area contributed by atoms with Crippen LogP contribution in [-0.2, 0) is 0 Å². The van der Waals surface area contributed by atoms with Gasteiger partial charge in [-0.15, -0.1) is 0 Å². The molecule has 0 atom stereocenters. The van der Waals surface area contributed by atoms with Crippen LogP contribution in [-0.4, -0.2) is 28.1 Å². The van der Waals surface area contributed by atoms with Crippen LogP contribution >= 0.6 is 0 Å². The van der Waals surface area contributed by atoms with Crippen LogP contribution in [0.25, 0.3) is 21.8 Å². The summed E-state index contributed by atoms with van der Waals surface area (Å²) in [5.41, 5.74) is 11.6. The lowest BCUT2D eigenvalue weighted by Crippen LogP contribution is -2.11. The summed E-state index contributed by atoms with van der Waals surface area (Å²) < 4.78 is 0. The van der Waals surface area contributed by atoms with E-state index in [0.717, 1.165) is 55.9 Å². The van der Waals surface area contributed by atoms with Gasteiger partial charge in [0.1, 0.15) is 0 Å². The van der Waals surface area contributed by atoms with Gasteiger partial charge in [0, 0.05) is 100 Å². The summed E-state index contributed by atoms with van der Waals surface area (Å²) in [5, 5.41) is 1.95. The van der Waals surface area contributed by atoms with Gasteiger partial charge < -0.3 is 14.8 Å². The van der Waals surface area contributed by atoms with Crippen molar-refractivity contribution < 1.29 is 19.2 Å². The van der Waals surface area contributed by atoms with Crippen molar-refractivity contribution >= 4 is 79.1 Å². The maximum atomic E-state index is 13.5. The van der Waals surface area contributed by atoms with E-state index in [1.807, 2.05) is 218 Å². The Labute approximate surface area is 410 Å². The predicted octanol–water partition coefficient (Wildman–Crippen LogP) is 15.2. The van der Waals surface area contributed by atoms with Crippen LogP contribution in [0, 0.1) is 0 Å². The molecule has 1 heterocycles. The van der Waals surface area contributed by atoms with Crippen LogP contribution in [0.15, 0.2) is 255 Å². The van der Waals surface area contributed by atoms with Crippen molar-refractivity contribution in [3.8, 4) is 0 Å². The molecule has 0 saturated heterocycles. The molecule has 7 nitrogen and oxygen atoms in total. The zero-order valence-corrected chi connectivity index (χ0v) is 38.3. The quantitative estimate of drug-likeness (QED) is 0.109. The minimum Gasteiger partial charge on any atom is -0.355 e. The molecule has 0 saturated carbocycles. The Hall–Kier alpha value is -9.72. The number of anilines is 6. The molecule has 0 aliphatic carbocycles. The molecule has 0 radical (unpaired) electrons. The van der Waals surface area contributed by atoms with Crippen LogP contribution in [0.3, 0.4) is 0 Å². The highest BCUT2D eigenvalue weighted by Crippen LogP contribution is 2.41. The first kappa shape index (κ1) is 43.8. The number of carbonyl (C=O) groups is 4. The second kappa shape index (κ2) is 19.1. The average Bonchev–Trinajstić information content (AvgIpc) is 3.81. The number of hydrogen-bond donors (Lipinski definition) is 1. The maximum Gasteiger partial charge on any atom is 0.193 e. The van der Waals surface area contributed by atoms with Gasteiger partial charge in [0.05, 0.1) is 0 Å². The number of hydrogen-bond acceptors (Lipinski definition) is 6. The van der Waals surface area contributed by atoms with E-state index in [0.29, 0.717) is 44.5 Å². The third kappa shape index (κ3) is 8.83. The minimum atomic E-state index is -0.0641. The fraction of sp³-hybridized carbons (Fsp3) is 0. The van der Waals surface area contributed by atoms with Gasteiger partial charge in [-0.3, -0.25) is 19.2 Å². The average molecular weight is 918 g/mol. The van der Waals surface area contributed by atoms with Gasteiger partial charge in [-0.25, -0.2) is 0 Å². The van der Waals surface area contributed by atoms with E-state index in [1.54, 1.807) is 0 Å². The summed E-state index contributed by atoms with van der Waals surface area (Å²) >= 11 is 0. The van der Waals surface area contributed by atoms with E-state index in [4.69, 9.17) is 0 Å². The third-order valence-electron chi connectivity index (χ3n) is 12.8. The first-order valence-corrected chi connectivity index (χ1v) is 23.3. The number of aromatic amines is 1. The fourth-order valence-corrected chi connectivity index (χ4v) is 9.12. The van der Waals surface area contributed by atoms with Crippen molar-refractivity contribution in [1.82, 2.24) is 4.98 Å². The third-order valence-corrected chi connectivity index (χ3v) is 12.8. The molecule has 0 unspecified atom stereocenters. The van der Waals surface area contributed by atoms with Crippen molar-refractivity contribution in [2.45, 2.75) is 0 Å². The van der Waals surface area contributed by atoms with Crippen LogP contribution in [0.5, 0.6) is 0 Å². The van der Waals surface area contributed by atoms with E-state index in [2.05, 4.69) is 51.2 Å². The van der Waals surface area contributed by atoms with Gasteiger partial charge in [-0.1, -0.05) is 121 Å². The largest absolute Gasteiger partial charge is 0.355 e. The van der Waals surface area contributed by atoms with Crippen LogP contribution in [0.2, 0.25) is 0 Å². The lowest BCUT2D eigenvalue weighted by molar-refractivity contribution is 0.103. The second-order valence-corrected chi connectivity index (χ2v) is 17.2. The molecule has 10 aromatic carbocycles. The number of carbonyl (C=O) groups excluding carboxylic acids is 4. The van der Waals surface area contributed by atoms with Gasteiger partial charge in [0.25, 0.3) is 0 Å². The number of benzene rings is 10. The maximum absolute atomic E-state index is 13.5. The van der Waals surface area contributed by atoms with Crippen molar-refractivity contribution in [2.24, 2.45) is 0 Å². The van der Waals surface area contributed by atoms with Crippen molar-refractivity contribution in [2.75, 3.05) is 9.80 Å². The van der Waals surface area contributed by atoms with E-state index >= 15 is 0 Å². The smallest absolute Gasteiger partial charge is 0.193 e. The Balaban J connectivity index is 1.000. The highest BCUT2D eigenvalue weighted by atomic mass is 16.1. The number of ketones is 4. The summed E-state index contributed by atoms with van der Waals surface area (Å²) in [7, 11) is 0. The monoisotopic (exact) mass is 917 g/mol. The number of aromatic nitrogens is 1. The molecular formula is C64H43N3O4. The number of fused-ring (bicyclic) bond motifs is 3. The van der Waals surface area contributed by atoms with Crippen LogP contribution in [0.4, 0.5) is 34.1 Å². The molecule has 1 aromatic heterocycles. The summed E-state index contributed by atoms with van der Waals surface area (Å²) in [4.78, 5) is 61.9. The topological polar surface area (TPSA) is 90.6 Å². The van der Waals surface area contributed by atoms with Gasteiger partial charge in [-0.05, 0) is 133 Å². The molecular weight excluding hydrogens is 875 g/mol. The zero-order chi connectivity index (χ0) is 48.3. The Morgan fingerprint density at radius 2 is 0.451 bits per heavy atom. The van der Waals surface area contributed by atoms with E-state index in [1.165, 1.54) is 0 Å². The lowest BCUT2D eigenvalue weighted by atomic mass is 10.0. The molecule has 0 aliphatic rings. The highest BCUT2D eigenvalue weighted by molar-refractivity contribution is 6.13. The van der Waals surface area contributed by atoms with Gasteiger partial charge in [0.2, 0.25) is 0 Å². The first-order chi connectivity index (χ1) is 34.9. The Morgan fingerprint density at radius 3 is 0.690 bits per heavy atom. The Morgan fingerprint density at radius 1 is 0.239 bits per heavy atom. The summed E-state index contributed by atoms with van der Waals surface area (Å²) in [6.07, 6.45) is 0. The van der Waals surface area contributed by atoms with Crippen molar-refractivity contribution in [3.63, 3.8) is 0 Å². The van der Waals surface area contributed by atoms with E-state index in [-0.39, 0.29) is 23.1 Å². The SMILES string of the molecule is O=C(c1ccccc1)c1ccc(N(c2ccc(C(=O)c3ccccc3)cc2)c2ccc3[nH]c4ccc(N(c5ccc(C(=O)c6ccccc6)cc5)c5ccc(C(=O)c6ccccc6)cc5)cc4c3c2)cc1. The fourth-order valence-electron chi connectivity index (χ4n) is 9.12. The molecule has 338 valence electrons. The molecule has 1 N–H and O–H groups in total. The molecule has 0 bridgehead atoms. The lowest BCUT2D eigenvalue weighted by Gasteiger charge is -2.26. The van der Waals surface area contributed by atoms with Crippen molar-refractivity contribution in [3.05, 3.63) is 299 Å². The van der Waals surface area contributed by atoms with Crippen LogP contribution < -0.4 is 9.80 Å². The molecule has 0 amide bonds. The molecule has 0 spiro atoms. The highest BCUT2D eigenvalue weighted by Gasteiger charge is 2.21. The van der Waals surface area contributed by atoms with Gasteiger partial charge in [0.15, 0.2) is 23.1 Å². The van der Waals surface area contributed by atoms with E-state index in [9.17, 15) is 19.2 Å². The van der Waals surface area contributed by atoms with Crippen molar-refractivity contribution in [1.29, 1.82) is 0 Å². The molecule has 0 aliphatic heterocycles. The zero-order valence-electron chi connectivity index (χ0n) is 38.3. The minimum absolute atomic E-state index is 0.0641. The standard InChI is InChI=1S/C64H43N3O4/c68-61(43-13-5-1-6-14-43)47-21-29-51(30-22-47)66(52-31-23-48(24-32-52)62(69)44-15-7-2-8-16-44)55-37-39-59-57(41-55)58-42-56(38-40-60(58)65-59)67(53-33-25-49(26-34-53)63(70)45-17-9-3-10-18-45)54-35-27-50(28-36-54)64(71)46-19-11-4-12-20-46/h1-42,65H. The van der Waals surface area contributed by atoms with Gasteiger partial charge in [-0.2, -0.15) is 0 Å². The number of H-pyrrole nitrogens is 1. The van der Waals surface area contributed by atoms with Gasteiger partial charge >= 0.3 is 0 Å². The molecule has 11 aromatic rings. The molecule has 0 fully saturated rings. The van der Waals surface area contributed by atoms with Crippen LogP contribution in [0.1, 0.15) is 63.7 Å². The normalized spacial score (nSPS) is 11.0. The molecule has 71 heavy (non-hydrogen) atoms. The second-order valence-electron chi connectivity index (χ2n) is 17.2. The summed E-state index contributed by atoms with van der Waals surface area (Å²) in [6.45, 7) is 0. The summed E-state index contributed by atoms with van der Waals surface area (Å²) in [5.74, 6) is -0.256. The Bertz CT molecular complexity index is 3290. The Kier molecular flexibility index (Phi) is 11.8. The number of nitrogens with zero attached hydrogens (tertiary/aromatic N) is 2.